The number of rotatable bonds is 3. The lowest BCUT2D eigenvalue weighted by atomic mass is 9.78. The zero-order valence-electron chi connectivity index (χ0n) is 29.6. The van der Waals surface area contributed by atoms with Crippen molar-refractivity contribution in [2.24, 2.45) is 0 Å². The fourth-order valence-electron chi connectivity index (χ4n) is 9.06. The van der Waals surface area contributed by atoms with E-state index >= 15 is 0 Å². The number of hydrogen-bond donors (Lipinski definition) is 0. The molecule has 0 spiro atoms. The second-order valence-electron chi connectivity index (χ2n) is 15.0. The normalized spacial score (nSPS) is 13.2. The van der Waals surface area contributed by atoms with Crippen molar-refractivity contribution in [3.8, 4) is 44.6 Å². The number of hydrogen-bond acceptors (Lipinski definition) is 2. The summed E-state index contributed by atoms with van der Waals surface area (Å²) in [6, 6.07) is 59.8. The summed E-state index contributed by atoms with van der Waals surface area (Å²) in [6.07, 6.45) is 1.99. The molecule has 0 bridgehead atoms. The van der Waals surface area contributed by atoms with Crippen LogP contribution in [0.1, 0.15) is 25.0 Å². The Kier molecular flexibility index (Phi) is 6.33. The Morgan fingerprint density at radius 1 is 0.415 bits per heavy atom. The lowest BCUT2D eigenvalue weighted by Gasteiger charge is -2.25. The van der Waals surface area contributed by atoms with Crippen LogP contribution in [0.2, 0.25) is 0 Å². The molecule has 0 N–H and O–H groups in total. The van der Waals surface area contributed by atoms with E-state index in [-0.39, 0.29) is 5.41 Å². The summed E-state index contributed by atoms with van der Waals surface area (Å²) in [5.74, 6) is 0. The maximum atomic E-state index is 5.25. The summed E-state index contributed by atoms with van der Waals surface area (Å²) in [6.45, 7) is 4.69. The highest BCUT2D eigenvalue weighted by atomic mass is 14.7. The van der Waals surface area contributed by atoms with Gasteiger partial charge in [-0.15, -0.1) is 0 Å². The zero-order chi connectivity index (χ0) is 35.3. The zero-order valence-corrected chi connectivity index (χ0v) is 29.6. The van der Waals surface area contributed by atoms with Gasteiger partial charge in [-0.2, -0.15) is 0 Å². The van der Waals surface area contributed by atoms with Gasteiger partial charge in [0.25, 0.3) is 0 Å². The molecule has 1 aliphatic rings. The second kappa shape index (κ2) is 11.2. The van der Waals surface area contributed by atoms with Crippen LogP contribution in [0, 0.1) is 0 Å². The number of pyridine rings is 2. The Morgan fingerprint density at radius 2 is 0.962 bits per heavy atom. The van der Waals surface area contributed by atoms with Crippen molar-refractivity contribution in [1.29, 1.82) is 0 Å². The molecule has 2 nitrogen and oxygen atoms in total. The molecule has 10 aromatic rings. The minimum atomic E-state index is -0.160. The van der Waals surface area contributed by atoms with Crippen LogP contribution >= 0.6 is 0 Å². The molecule has 0 fully saturated rings. The third-order valence-electron chi connectivity index (χ3n) is 11.6. The Bertz CT molecular complexity index is 3110. The Labute approximate surface area is 308 Å². The van der Waals surface area contributed by atoms with Gasteiger partial charge in [-0.3, -0.25) is 4.98 Å². The van der Waals surface area contributed by atoms with Gasteiger partial charge in [0.1, 0.15) is 0 Å². The minimum Gasteiger partial charge on any atom is -0.256 e. The van der Waals surface area contributed by atoms with Gasteiger partial charge in [0.15, 0.2) is 0 Å². The Morgan fingerprint density at radius 3 is 1.70 bits per heavy atom. The van der Waals surface area contributed by atoms with Crippen LogP contribution in [0.4, 0.5) is 0 Å². The molecule has 0 unspecified atom stereocenters. The molecular weight excluding hydrogens is 641 g/mol. The highest BCUT2D eigenvalue weighted by molar-refractivity contribution is 6.26. The molecule has 2 heteroatoms. The number of benzene rings is 8. The predicted octanol–water partition coefficient (Wildman–Crippen LogP) is 13.5. The van der Waals surface area contributed by atoms with Crippen LogP contribution < -0.4 is 0 Å². The standard InChI is InChI=1S/C51H34N2/c1-51(2)45-16-8-6-14-41(45)50-49(51)48(42-15-7-10-18-47(42)53-50)32-21-19-31(20-22-32)33-23-25-39-40-26-24-34(36-27-35-11-3-9-17-46(35)52-30-36)29-44(40)38-13-5-4-12-37(38)43(39)28-33/h3-30H,1-2H3. The molecule has 0 amide bonds. The largest absolute Gasteiger partial charge is 0.256 e. The Hall–Kier alpha value is -6.64. The first-order chi connectivity index (χ1) is 26.0. The first-order valence-corrected chi connectivity index (χ1v) is 18.4. The molecule has 248 valence electrons. The van der Waals surface area contributed by atoms with E-state index in [9.17, 15) is 0 Å². The van der Waals surface area contributed by atoms with Crippen LogP contribution in [0.15, 0.2) is 170 Å². The van der Waals surface area contributed by atoms with Gasteiger partial charge in [0, 0.05) is 33.5 Å². The SMILES string of the molecule is CC1(C)c2ccccc2-c2nc3ccccc3c(-c3ccc(-c4ccc5c6ccc(-c7cnc8ccccc8c7)cc6c6ccccc6c5c4)cc3)c21. The van der Waals surface area contributed by atoms with Crippen molar-refractivity contribution in [2.45, 2.75) is 19.3 Å². The molecule has 0 saturated heterocycles. The number of fused-ring (bicyclic) bond motifs is 11. The lowest BCUT2D eigenvalue weighted by molar-refractivity contribution is 0.662. The van der Waals surface area contributed by atoms with Crippen molar-refractivity contribution in [2.75, 3.05) is 0 Å². The van der Waals surface area contributed by atoms with E-state index in [0.29, 0.717) is 0 Å². The molecular formula is C51H34N2. The summed E-state index contributed by atoms with van der Waals surface area (Å²) in [7, 11) is 0. The smallest absolute Gasteiger partial charge is 0.0759 e. The highest BCUT2D eigenvalue weighted by Gasteiger charge is 2.39. The first-order valence-electron chi connectivity index (χ1n) is 18.4. The van der Waals surface area contributed by atoms with Gasteiger partial charge in [0.2, 0.25) is 0 Å². The fourth-order valence-corrected chi connectivity index (χ4v) is 9.06. The van der Waals surface area contributed by atoms with E-state index in [2.05, 4.69) is 172 Å². The van der Waals surface area contributed by atoms with Gasteiger partial charge in [-0.25, -0.2) is 4.98 Å². The van der Waals surface area contributed by atoms with Crippen LogP contribution in [0.25, 0.3) is 98.8 Å². The van der Waals surface area contributed by atoms with Crippen LogP contribution in [0.5, 0.6) is 0 Å². The molecule has 2 aromatic heterocycles. The molecule has 0 aliphatic heterocycles. The van der Waals surface area contributed by atoms with E-state index in [4.69, 9.17) is 9.97 Å². The maximum Gasteiger partial charge on any atom is 0.0759 e. The minimum absolute atomic E-state index is 0.160. The summed E-state index contributed by atoms with van der Waals surface area (Å²) in [4.78, 5) is 10.00. The fraction of sp³-hybridized carbons (Fsp3) is 0.0588. The van der Waals surface area contributed by atoms with Gasteiger partial charge in [0.05, 0.1) is 16.7 Å². The van der Waals surface area contributed by atoms with Gasteiger partial charge in [-0.05, 0) is 102 Å². The van der Waals surface area contributed by atoms with Crippen molar-refractivity contribution in [3.05, 3.63) is 181 Å². The highest BCUT2D eigenvalue weighted by Crippen LogP contribution is 2.53. The van der Waals surface area contributed by atoms with Crippen molar-refractivity contribution in [3.63, 3.8) is 0 Å². The summed E-state index contributed by atoms with van der Waals surface area (Å²) < 4.78 is 0. The number of nitrogens with zero attached hydrogens (tertiary/aromatic N) is 2. The third kappa shape index (κ3) is 4.45. The molecule has 1 aliphatic carbocycles. The average molecular weight is 675 g/mol. The summed E-state index contributed by atoms with van der Waals surface area (Å²) >= 11 is 0. The lowest BCUT2D eigenvalue weighted by Crippen LogP contribution is -2.16. The van der Waals surface area contributed by atoms with Gasteiger partial charge >= 0.3 is 0 Å². The van der Waals surface area contributed by atoms with Gasteiger partial charge in [-0.1, -0.05) is 147 Å². The molecule has 0 radical (unpaired) electrons. The van der Waals surface area contributed by atoms with Crippen LogP contribution in [-0.4, -0.2) is 9.97 Å². The molecule has 8 aromatic carbocycles. The molecule has 53 heavy (non-hydrogen) atoms. The van der Waals surface area contributed by atoms with Crippen molar-refractivity contribution >= 4 is 54.1 Å². The Balaban J connectivity index is 1.04. The maximum absolute atomic E-state index is 5.25. The van der Waals surface area contributed by atoms with E-state index in [1.807, 2.05) is 12.3 Å². The summed E-state index contributed by atoms with van der Waals surface area (Å²) in [5, 5.41) is 9.95. The van der Waals surface area contributed by atoms with Crippen molar-refractivity contribution in [1.82, 2.24) is 9.97 Å². The van der Waals surface area contributed by atoms with E-state index in [1.54, 1.807) is 0 Å². The topological polar surface area (TPSA) is 25.8 Å². The molecule has 0 saturated carbocycles. The average Bonchev–Trinajstić information content (AvgIpc) is 3.45. The van der Waals surface area contributed by atoms with E-state index < -0.39 is 0 Å². The van der Waals surface area contributed by atoms with Crippen LogP contribution in [-0.2, 0) is 5.41 Å². The van der Waals surface area contributed by atoms with E-state index in [1.165, 1.54) is 82.2 Å². The number of aromatic nitrogens is 2. The summed E-state index contributed by atoms with van der Waals surface area (Å²) in [5.41, 5.74) is 14.1. The van der Waals surface area contributed by atoms with Gasteiger partial charge < -0.3 is 0 Å². The van der Waals surface area contributed by atoms with Crippen molar-refractivity contribution < 1.29 is 0 Å². The second-order valence-corrected chi connectivity index (χ2v) is 15.0. The molecule has 0 atom stereocenters. The monoisotopic (exact) mass is 674 g/mol. The number of para-hydroxylation sites is 2. The molecule has 2 heterocycles. The quantitative estimate of drug-likeness (QED) is 0.174. The predicted molar refractivity (Wildman–Crippen MR) is 223 cm³/mol. The first kappa shape index (κ1) is 30.0. The molecule has 11 rings (SSSR count). The van der Waals surface area contributed by atoms with E-state index in [0.717, 1.165) is 27.7 Å². The van der Waals surface area contributed by atoms with Crippen LogP contribution in [0.3, 0.4) is 0 Å². The third-order valence-corrected chi connectivity index (χ3v) is 11.6.